The molecule has 0 saturated heterocycles. The van der Waals surface area contributed by atoms with Gasteiger partial charge in [0.15, 0.2) is 0 Å². The van der Waals surface area contributed by atoms with E-state index in [0.29, 0.717) is 17.5 Å². The number of nitrogens with zero attached hydrogens (tertiary/aromatic N) is 2. The first-order valence-corrected chi connectivity index (χ1v) is 4.92. The fourth-order valence-corrected chi connectivity index (χ4v) is 1.86. The van der Waals surface area contributed by atoms with Gasteiger partial charge in [-0.15, -0.1) is 10.2 Å². The van der Waals surface area contributed by atoms with E-state index in [-0.39, 0.29) is 11.0 Å². The summed E-state index contributed by atoms with van der Waals surface area (Å²) in [5.41, 5.74) is 0. The smallest absolute Gasteiger partial charge is 0.276 e. The van der Waals surface area contributed by atoms with E-state index in [1.807, 2.05) is 6.92 Å². The average molecular weight is 200 g/mol. The van der Waals surface area contributed by atoms with Gasteiger partial charge >= 0.3 is 0 Å². The summed E-state index contributed by atoms with van der Waals surface area (Å²) >= 11 is 1.43. The summed E-state index contributed by atoms with van der Waals surface area (Å²) in [6, 6.07) is 0. The van der Waals surface area contributed by atoms with Gasteiger partial charge in [-0.1, -0.05) is 18.7 Å². The van der Waals surface area contributed by atoms with Crippen LogP contribution in [0.5, 0.6) is 0 Å². The van der Waals surface area contributed by atoms with Crippen LogP contribution in [0, 0.1) is 6.92 Å². The molecular formula is C8H12N2O2S. The van der Waals surface area contributed by atoms with Gasteiger partial charge in [-0.2, -0.15) is 0 Å². The second kappa shape index (κ2) is 4.41. The largest absolute Gasteiger partial charge is 0.416 e. The normalized spacial score (nSPS) is 12.8. The number of hydrogen-bond donors (Lipinski definition) is 0. The number of rotatable bonds is 4. The number of aromatic nitrogens is 2. The molecule has 0 aliphatic rings. The molecule has 0 aromatic carbocycles. The lowest BCUT2D eigenvalue weighted by Gasteiger charge is -2.03. The fourth-order valence-electron chi connectivity index (χ4n) is 0.945. The Labute approximate surface area is 81.1 Å². The van der Waals surface area contributed by atoms with E-state index >= 15 is 0 Å². The minimum atomic E-state index is 0.177. The van der Waals surface area contributed by atoms with Gasteiger partial charge in [0, 0.05) is 18.6 Å². The van der Waals surface area contributed by atoms with E-state index in [1.165, 1.54) is 11.8 Å². The maximum absolute atomic E-state index is 10.8. The first-order chi connectivity index (χ1) is 6.08. The molecule has 1 heterocycles. The Morgan fingerprint density at radius 1 is 1.62 bits per heavy atom. The van der Waals surface area contributed by atoms with Crippen LogP contribution < -0.4 is 0 Å². The molecule has 1 aromatic rings. The van der Waals surface area contributed by atoms with Crippen molar-refractivity contribution in [3.05, 3.63) is 5.89 Å². The van der Waals surface area contributed by atoms with Crippen molar-refractivity contribution in [2.45, 2.75) is 37.7 Å². The summed E-state index contributed by atoms with van der Waals surface area (Å²) in [6.07, 6.45) is 0.534. The Balaban J connectivity index is 2.44. The van der Waals surface area contributed by atoms with E-state index in [4.69, 9.17) is 4.42 Å². The van der Waals surface area contributed by atoms with Crippen molar-refractivity contribution in [2.24, 2.45) is 0 Å². The molecule has 0 aliphatic heterocycles. The van der Waals surface area contributed by atoms with Crippen molar-refractivity contribution < 1.29 is 9.21 Å². The highest BCUT2D eigenvalue weighted by atomic mass is 32.2. The molecule has 1 atom stereocenters. The van der Waals surface area contributed by atoms with Crippen molar-refractivity contribution >= 4 is 17.5 Å². The molecule has 0 fully saturated rings. The predicted molar refractivity (Wildman–Crippen MR) is 49.7 cm³/mol. The Morgan fingerprint density at radius 3 is 2.77 bits per heavy atom. The minimum absolute atomic E-state index is 0.177. The maximum atomic E-state index is 10.8. The van der Waals surface area contributed by atoms with Gasteiger partial charge in [-0.25, -0.2) is 0 Å². The monoisotopic (exact) mass is 200 g/mol. The van der Waals surface area contributed by atoms with Crippen LogP contribution in [0.15, 0.2) is 9.64 Å². The summed E-state index contributed by atoms with van der Waals surface area (Å²) < 4.78 is 5.17. The van der Waals surface area contributed by atoms with Crippen molar-refractivity contribution in [1.29, 1.82) is 0 Å². The average Bonchev–Trinajstić information content (AvgIpc) is 2.33. The number of aryl methyl sites for hydroxylation is 1. The standard InChI is InChI=1S/C8H12N2O2S/c1-5(11)4-6(2)13-8-10-9-7(3)12-8/h6H,4H2,1-3H3. The van der Waals surface area contributed by atoms with Crippen molar-refractivity contribution in [3.63, 3.8) is 0 Å². The lowest BCUT2D eigenvalue weighted by molar-refractivity contribution is -0.116. The Morgan fingerprint density at radius 2 is 2.31 bits per heavy atom. The van der Waals surface area contributed by atoms with E-state index in [2.05, 4.69) is 10.2 Å². The summed E-state index contributed by atoms with van der Waals surface area (Å²) in [5.74, 6) is 0.730. The van der Waals surface area contributed by atoms with Gasteiger partial charge in [0.05, 0.1) is 0 Å². The molecule has 4 nitrogen and oxygen atoms in total. The molecule has 0 radical (unpaired) electrons. The minimum Gasteiger partial charge on any atom is -0.416 e. The van der Waals surface area contributed by atoms with Crippen LogP contribution in [0.1, 0.15) is 26.2 Å². The SMILES string of the molecule is CC(=O)CC(C)Sc1nnc(C)o1. The molecular weight excluding hydrogens is 188 g/mol. The van der Waals surface area contributed by atoms with E-state index in [1.54, 1.807) is 13.8 Å². The molecule has 5 heteroatoms. The molecule has 1 aromatic heterocycles. The number of ketones is 1. The van der Waals surface area contributed by atoms with Gasteiger partial charge in [0.1, 0.15) is 5.78 Å². The number of carbonyl (C=O) groups excluding carboxylic acids is 1. The molecule has 0 spiro atoms. The summed E-state index contributed by atoms with van der Waals surface area (Å²) in [6.45, 7) is 5.29. The fraction of sp³-hybridized carbons (Fsp3) is 0.625. The molecule has 0 aliphatic carbocycles. The quantitative estimate of drug-likeness (QED) is 0.694. The lowest BCUT2D eigenvalue weighted by Crippen LogP contribution is -2.02. The maximum Gasteiger partial charge on any atom is 0.276 e. The summed E-state index contributed by atoms with van der Waals surface area (Å²) in [5, 5.41) is 8.25. The van der Waals surface area contributed by atoms with Gasteiger partial charge in [0.2, 0.25) is 5.89 Å². The van der Waals surface area contributed by atoms with Crippen LogP contribution in [0.25, 0.3) is 0 Å². The Kier molecular flexibility index (Phi) is 3.48. The highest BCUT2D eigenvalue weighted by Crippen LogP contribution is 2.23. The highest BCUT2D eigenvalue weighted by molar-refractivity contribution is 7.99. The third kappa shape index (κ3) is 3.59. The molecule has 1 unspecified atom stereocenters. The van der Waals surface area contributed by atoms with Crippen LogP contribution in [0.3, 0.4) is 0 Å². The van der Waals surface area contributed by atoms with Crippen LogP contribution in [0.2, 0.25) is 0 Å². The molecule has 1 rings (SSSR count). The summed E-state index contributed by atoms with van der Waals surface area (Å²) in [7, 11) is 0. The van der Waals surface area contributed by atoms with Crippen LogP contribution in [-0.4, -0.2) is 21.2 Å². The van der Waals surface area contributed by atoms with Crippen molar-refractivity contribution in [3.8, 4) is 0 Å². The number of carbonyl (C=O) groups is 1. The number of thioether (sulfide) groups is 1. The lowest BCUT2D eigenvalue weighted by atomic mass is 10.2. The first kappa shape index (κ1) is 10.2. The molecule has 0 saturated carbocycles. The van der Waals surface area contributed by atoms with Gasteiger partial charge in [-0.05, 0) is 6.92 Å². The van der Waals surface area contributed by atoms with Crippen LogP contribution in [-0.2, 0) is 4.79 Å². The zero-order valence-corrected chi connectivity index (χ0v) is 8.72. The van der Waals surface area contributed by atoms with E-state index < -0.39 is 0 Å². The molecule has 72 valence electrons. The third-order valence-corrected chi connectivity index (χ3v) is 2.32. The third-order valence-electron chi connectivity index (χ3n) is 1.38. The van der Waals surface area contributed by atoms with Gasteiger partial charge in [0.25, 0.3) is 5.22 Å². The Bertz CT molecular complexity index is 298. The second-order valence-corrected chi connectivity index (χ2v) is 4.31. The van der Waals surface area contributed by atoms with Gasteiger partial charge in [-0.3, -0.25) is 4.79 Å². The predicted octanol–water partition coefficient (Wildman–Crippen LogP) is 1.84. The summed E-state index contributed by atoms with van der Waals surface area (Å²) in [4.78, 5) is 10.8. The molecule has 0 amide bonds. The number of hydrogen-bond acceptors (Lipinski definition) is 5. The van der Waals surface area contributed by atoms with Crippen molar-refractivity contribution in [2.75, 3.05) is 0 Å². The first-order valence-electron chi connectivity index (χ1n) is 4.04. The van der Waals surface area contributed by atoms with Gasteiger partial charge < -0.3 is 4.42 Å². The van der Waals surface area contributed by atoms with E-state index in [9.17, 15) is 4.79 Å². The zero-order valence-electron chi connectivity index (χ0n) is 7.90. The zero-order chi connectivity index (χ0) is 9.84. The van der Waals surface area contributed by atoms with Crippen LogP contribution in [0.4, 0.5) is 0 Å². The Hall–Kier alpha value is -0.840. The second-order valence-electron chi connectivity index (χ2n) is 2.92. The number of Topliss-reactive ketones (excluding diaryl/α,β-unsaturated/α-hetero) is 1. The molecule has 0 bridgehead atoms. The van der Waals surface area contributed by atoms with Crippen LogP contribution >= 0.6 is 11.8 Å². The van der Waals surface area contributed by atoms with Crippen molar-refractivity contribution in [1.82, 2.24) is 10.2 Å². The molecule has 13 heavy (non-hydrogen) atoms. The highest BCUT2D eigenvalue weighted by Gasteiger charge is 2.11. The topological polar surface area (TPSA) is 56.0 Å². The van der Waals surface area contributed by atoms with E-state index in [0.717, 1.165) is 0 Å². The molecule has 0 N–H and O–H groups in total.